The van der Waals surface area contributed by atoms with Gasteiger partial charge in [0.2, 0.25) is 0 Å². The van der Waals surface area contributed by atoms with Gasteiger partial charge in [0.05, 0.1) is 31.9 Å². The quantitative estimate of drug-likeness (QED) is 0.224. The standard InChI is InChI=1S/C28H33F2N3O5S/c1-5-37-27(34)24-21(16-32(3)14-15-36-4)25(18-10-12-19(31)13-11-18)39-26(24)33(28(35)38-6-2)17-20-22(29)8-7-9-23(20)30/h7-13H,5-6,14-17,31H2,1-4H3. The number of benzene rings is 2. The molecule has 11 heteroatoms. The van der Waals surface area contributed by atoms with Crippen LogP contribution in [0.5, 0.6) is 0 Å². The topological polar surface area (TPSA) is 94.3 Å². The number of ether oxygens (including phenoxy) is 3. The van der Waals surface area contributed by atoms with Gasteiger partial charge in [-0.2, -0.15) is 0 Å². The van der Waals surface area contributed by atoms with Crippen LogP contribution in [0.4, 0.5) is 24.3 Å². The van der Waals surface area contributed by atoms with Crippen molar-refractivity contribution in [1.82, 2.24) is 4.90 Å². The number of thiophene rings is 1. The average Bonchev–Trinajstić information content (AvgIpc) is 3.26. The van der Waals surface area contributed by atoms with Crippen LogP contribution in [-0.4, -0.2) is 57.5 Å². The van der Waals surface area contributed by atoms with E-state index in [-0.39, 0.29) is 29.3 Å². The minimum absolute atomic E-state index is 0.0205. The van der Waals surface area contributed by atoms with Crippen LogP contribution in [0.1, 0.15) is 35.3 Å². The first kappa shape index (κ1) is 30.0. The first-order chi connectivity index (χ1) is 18.7. The molecule has 0 unspecified atom stereocenters. The highest BCUT2D eigenvalue weighted by Crippen LogP contribution is 2.44. The highest BCUT2D eigenvalue weighted by molar-refractivity contribution is 7.20. The van der Waals surface area contributed by atoms with Crippen molar-refractivity contribution in [1.29, 1.82) is 0 Å². The number of anilines is 2. The molecule has 3 aromatic rings. The number of carbonyl (C=O) groups is 2. The summed E-state index contributed by atoms with van der Waals surface area (Å²) in [5.74, 6) is -2.31. The number of carbonyl (C=O) groups excluding carboxylic acids is 2. The number of esters is 1. The second kappa shape index (κ2) is 14.0. The molecule has 0 radical (unpaired) electrons. The molecule has 2 N–H and O–H groups in total. The van der Waals surface area contributed by atoms with Crippen LogP contribution in [0, 0.1) is 11.6 Å². The summed E-state index contributed by atoms with van der Waals surface area (Å²) in [4.78, 5) is 30.4. The number of nitrogen functional groups attached to an aromatic ring is 1. The lowest BCUT2D eigenvalue weighted by atomic mass is 10.0. The van der Waals surface area contributed by atoms with Gasteiger partial charge in [-0.05, 0) is 50.7 Å². The SMILES string of the molecule is CCOC(=O)c1c(N(Cc2c(F)cccc2F)C(=O)OCC)sc(-c2ccc(N)cc2)c1CN(C)CCOC. The fourth-order valence-corrected chi connectivity index (χ4v) is 5.23. The van der Waals surface area contributed by atoms with Crippen molar-refractivity contribution in [2.45, 2.75) is 26.9 Å². The third kappa shape index (κ3) is 7.31. The van der Waals surface area contributed by atoms with Crippen molar-refractivity contribution < 1.29 is 32.6 Å². The van der Waals surface area contributed by atoms with Gasteiger partial charge in [0.1, 0.15) is 16.6 Å². The first-order valence-corrected chi connectivity index (χ1v) is 13.3. The molecule has 0 aliphatic heterocycles. The monoisotopic (exact) mass is 561 g/mol. The van der Waals surface area contributed by atoms with Gasteiger partial charge in [-0.25, -0.2) is 18.4 Å². The molecule has 0 aliphatic rings. The smallest absolute Gasteiger partial charge is 0.415 e. The normalized spacial score (nSPS) is 11.1. The second-order valence-electron chi connectivity index (χ2n) is 8.65. The fraction of sp³-hybridized carbons (Fsp3) is 0.357. The zero-order chi connectivity index (χ0) is 28.5. The number of methoxy groups -OCH3 is 1. The van der Waals surface area contributed by atoms with Crippen molar-refractivity contribution in [3.8, 4) is 10.4 Å². The van der Waals surface area contributed by atoms with Crippen LogP contribution in [0.25, 0.3) is 10.4 Å². The van der Waals surface area contributed by atoms with E-state index in [0.29, 0.717) is 35.8 Å². The van der Waals surface area contributed by atoms with Crippen molar-refractivity contribution in [3.05, 3.63) is 70.8 Å². The lowest BCUT2D eigenvalue weighted by Gasteiger charge is -2.23. The number of rotatable bonds is 12. The molecular formula is C28H33F2N3O5S. The Kier molecular flexibility index (Phi) is 10.8. The maximum absolute atomic E-state index is 14.7. The highest BCUT2D eigenvalue weighted by atomic mass is 32.1. The van der Waals surface area contributed by atoms with Crippen LogP contribution in [0.2, 0.25) is 0 Å². The summed E-state index contributed by atoms with van der Waals surface area (Å²) in [6, 6.07) is 10.5. The molecule has 0 aliphatic carbocycles. The zero-order valence-corrected chi connectivity index (χ0v) is 23.3. The van der Waals surface area contributed by atoms with E-state index in [9.17, 15) is 18.4 Å². The summed E-state index contributed by atoms with van der Waals surface area (Å²) in [7, 11) is 3.47. The molecule has 8 nitrogen and oxygen atoms in total. The van der Waals surface area contributed by atoms with Crippen LogP contribution in [0.3, 0.4) is 0 Å². The number of likely N-dealkylation sites (N-methyl/N-ethyl adjacent to an activating group) is 1. The molecule has 0 spiro atoms. The van der Waals surface area contributed by atoms with Crippen molar-refractivity contribution in [3.63, 3.8) is 0 Å². The zero-order valence-electron chi connectivity index (χ0n) is 22.5. The maximum Gasteiger partial charge on any atom is 0.415 e. The Morgan fingerprint density at radius 2 is 1.59 bits per heavy atom. The van der Waals surface area contributed by atoms with Gasteiger partial charge in [0.25, 0.3) is 0 Å². The predicted molar refractivity (Wildman–Crippen MR) is 148 cm³/mol. The van der Waals surface area contributed by atoms with Crippen molar-refractivity contribution in [2.75, 3.05) is 51.2 Å². The summed E-state index contributed by atoms with van der Waals surface area (Å²) < 4.78 is 45.3. The number of hydrogen-bond donors (Lipinski definition) is 1. The van der Waals surface area contributed by atoms with Gasteiger partial charge in [0, 0.05) is 41.9 Å². The van der Waals surface area contributed by atoms with E-state index >= 15 is 0 Å². The molecule has 1 aromatic heterocycles. The summed E-state index contributed by atoms with van der Waals surface area (Å²) >= 11 is 1.14. The van der Waals surface area contributed by atoms with E-state index < -0.39 is 30.2 Å². The van der Waals surface area contributed by atoms with Crippen LogP contribution in [-0.2, 0) is 27.3 Å². The Morgan fingerprint density at radius 3 is 2.18 bits per heavy atom. The Balaban J connectivity index is 2.28. The molecule has 0 saturated heterocycles. The lowest BCUT2D eigenvalue weighted by molar-refractivity contribution is 0.0525. The van der Waals surface area contributed by atoms with Gasteiger partial charge < -0.3 is 19.9 Å². The minimum atomic E-state index is -0.852. The molecule has 0 bridgehead atoms. The molecule has 0 atom stereocenters. The molecule has 210 valence electrons. The summed E-state index contributed by atoms with van der Waals surface area (Å²) in [5, 5.41) is 0.163. The number of amides is 1. The number of hydrogen-bond acceptors (Lipinski definition) is 8. The third-order valence-electron chi connectivity index (χ3n) is 5.86. The summed E-state index contributed by atoms with van der Waals surface area (Å²) in [5.41, 5.74) is 7.61. The van der Waals surface area contributed by atoms with Gasteiger partial charge in [-0.3, -0.25) is 9.80 Å². The number of halogens is 2. The van der Waals surface area contributed by atoms with E-state index in [1.807, 2.05) is 24.1 Å². The number of nitrogens with zero attached hydrogens (tertiary/aromatic N) is 2. The van der Waals surface area contributed by atoms with Gasteiger partial charge in [0.15, 0.2) is 0 Å². The molecule has 2 aromatic carbocycles. The van der Waals surface area contributed by atoms with Crippen LogP contribution < -0.4 is 10.6 Å². The predicted octanol–water partition coefficient (Wildman–Crippen LogP) is 5.69. The van der Waals surface area contributed by atoms with E-state index in [0.717, 1.165) is 33.9 Å². The largest absolute Gasteiger partial charge is 0.462 e. The molecule has 39 heavy (non-hydrogen) atoms. The van der Waals surface area contributed by atoms with Crippen molar-refractivity contribution in [2.24, 2.45) is 0 Å². The first-order valence-electron chi connectivity index (χ1n) is 12.4. The van der Waals surface area contributed by atoms with E-state index in [1.54, 1.807) is 33.1 Å². The van der Waals surface area contributed by atoms with Gasteiger partial charge in [-0.1, -0.05) is 18.2 Å². The van der Waals surface area contributed by atoms with E-state index in [2.05, 4.69) is 0 Å². The molecule has 1 heterocycles. The highest BCUT2D eigenvalue weighted by Gasteiger charge is 2.33. The fourth-order valence-electron chi connectivity index (χ4n) is 3.93. The Bertz CT molecular complexity index is 1260. The minimum Gasteiger partial charge on any atom is -0.462 e. The van der Waals surface area contributed by atoms with Crippen LogP contribution >= 0.6 is 11.3 Å². The average molecular weight is 562 g/mol. The van der Waals surface area contributed by atoms with Crippen LogP contribution in [0.15, 0.2) is 42.5 Å². The van der Waals surface area contributed by atoms with Gasteiger partial charge >= 0.3 is 12.1 Å². The third-order valence-corrected chi connectivity index (χ3v) is 7.16. The second-order valence-corrected chi connectivity index (χ2v) is 9.65. The summed E-state index contributed by atoms with van der Waals surface area (Å²) in [6.07, 6.45) is -0.852. The number of nitrogens with two attached hydrogens (primary N) is 1. The molecule has 0 saturated carbocycles. The molecule has 0 fully saturated rings. The maximum atomic E-state index is 14.7. The van der Waals surface area contributed by atoms with E-state index in [4.69, 9.17) is 19.9 Å². The van der Waals surface area contributed by atoms with Gasteiger partial charge in [-0.15, -0.1) is 11.3 Å². The van der Waals surface area contributed by atoms with Crippen molar-refractivity contribution >= 4 is 34.1 Å². The molecule has 1 amide bonds. The Labute approximate surface area is 230 Å². The Morgan fingerprint density at radius 1 is 0.949 bits per heavy atom. The summed E-state index contributed by atoms with van der Waals surface area (Å²) in [6.45, 7) is 4.23. The Hall–Kier alpha value is -3.54. The lowest BCUT2D eigenvalue weighted by Crippen LogP contribution is -2.33. The van der Waals surface area contributed by atoms with E-state index in [1.165, 1.54) is 6.07 Å². The molecular weight excluding hydrogens is 528 g/mol. The molecule has 3 rings (SSSR count).